The fraction of sp³-hybridized carbons (Fsp3) is 1.00. The molecule has 0 aliphatic carbocycles. The molecular formula is C2H6O3P. The van der Waals surface area contributed by atoms with Crippen LogP contribution in [-0.4, -0.2) is 22.9 Å². The Morgan fingerprint density at radius 1 is 1.67 bits per heavy atom. The summed E-state index contributed by atoms with van der Waals surface area (Å²) in [5, 5.41) is 15.8. The molecule has 37 valence electrons. The topological polar surface area (TPSA) is 57.5 Å². The smallest absolute Gasteiger partial charge is 0.224 e. The Hall–Kier alpha value is 0.0200. The number of aliphatic hydroxyl groups excluding tert-OH is 1. The predicted molar refractivity (Wildman–Crippen MR) is 21.8 cm³/mol. The number of aliphatic hydroxyl groups is 2. The molecule has 0 aliphatic heterocycles. The largest absolute Gasteiger partial charge is 0.359 e. The predicted octanol–water partition coefficient (Wildman–Crippen LogP) is -0.288. The summed E-state index contributed by atoms with van der Waals surface area (Å²) in [5.41, 5.74) is 0. The molecule has 0 saturated heterocycles. The molecule has 0 aromatic heterocycles. The minimum Gasteiger partial charge on any atom is -0.359 e. The van der Waals surface area contributed by atoms with Crippen LogP contribution >= 0.6 is 7.80 Å². The summed E-state index contributed by atoms with van der Waals surface area (Å²) >= 11 is 0. The second-order valence-electron chi connectivity index (χ2n) is 0.893. The van der Waals surface area contributed by atoms with Crippen molar-refractivity contribution in [3.05, 3.63) is 0 Å². The van der Waals surface area contributed by atoms with Crippen molar-refractivity contribution in [2.24, 2.45) is 0 Å². The molecule has 6 heavy (non-hydrogen) atoms. The van der Waals surface area contributed by atoms with Crippen LogP contribution in [0.15, 0.2) is 0 Å². The van der Waals surface area contributed by atoms with Crippen LogP contribution < -0.4 is 0 Å². The van der Waals surface area contributed by atoms with E-state index >= 15 is 0 Å². The number of rotatable bonds is 1. The first kappa shape index (κ1) is 6.02. The molecular weight excluding hydrogens is 103 g/mol. The van der Waals surface area contributed by atoms with Crippen molar-refractivity contribution in [3.8, 4) is 0 Å². The first-order valence-electron chi connectivity index (χ1n) is 1.40. The van der Waals surface area contributed by atoms with Gasteiger partial charge in [0.15, 0.2) is 0 Å². The maximum absolute atomic E-state index is 9.79. The average molecular weight is 109 g/mol. The summed E-state index contributed by atoms with van der Waals surface area (Å²) in [6.45, 7) is 1.25. The molecule has 1 radical (unpaired) electrons. The Morgan fingerprint density at radius 3 is 1.83 bits per heavy atom. The van der Waals surface area contributed by atoms with Gasteiger partial charge in [-0.15, -0.1) is 0 Å². The van der Waals surface area contributed by atoms with Gasteiger partial charge >= 0.3 is 0 Å². The van der Waals surface area contributed by atoms with Gasteiger partial charge in [0, 0.05) is 6.66 Å². The van der Waals surface area contributed by atoms with Crippen molar-refractivity contribution >= 4 is 7.80 Å². The van der Waals surface area contributed by atoms with Crippen molar-refractivity contribution in [2.45, 2.75) is 6.03 Å². The van der Waals surface area contributed by atoms with Gasteiger partial charge in [0.2, 0.25) is 6.03 Å². The maximum atomic E-state index is 9.79. The average Bonchev–Trinajstić information content (AvgIpc) is 1.36. The summed E-state index contributed by atoms with van der Waals surface area (Å²) in [6, 6.07) is -1.64. The van der Waals surface area contributed by atoms with Gasteiger partial charge in [0.25, 0.3) is 0 Å². The first-order valence-corrected chi connectivity index (χ1v) is 3.18. The van der Waals surface area contributed by atoms with E-state index in [0.717, 1.165) is 0 Å². The molecule has 0 saturated carbocycles. The third-order valence-corrected chi connectivity index (χ3v) is 0.976. The van der Waals surface area contributed by atoms with Crippen LogP contribution in [0.25, 0.3) is 0 Å². The van der Waals surface area contributed by atoms with E-state index in [0.29, 0.717) is 0 Å². The summed E-state index contributed by atoms with van der Waals surface area (Å²) < 4.78 is 9.79. The van der Waals surface area contributed by atoms with E-state index < -0.39 is 13.8 Å². The minimum atomic E-state index is -1.80. The zero-order valence-electron chi connectivity index (χ0n) is 3.33. The van der Waals surface area contributed by atoms with E-state index in [9.17, 15) is 4.57 Å². The van der Waals surface area contributed by atoms with Gasteiger partial charge in [-0.25, -0.2) is 0 Å². The summed E-state index contributed by atoms with van der Waals surface area (Å²) in [5.74, 6) is 0. The number of hydrogen-bond donors (Lipinski definition) is 2. The second-order valence-corrected chi connectivity index (χ2v) is 2.45. The Bertz CT molecular complexity index is 59.8. The molecule has 0 aromatic carbocycles. The van der Waals surface area contributed by atoms with Crippen molar-refractivity contribution in [1.29, 1.82) is 0 Å². The highest BCUT2D eigenvalue weighted by Crippen LogP contribution is 2.16. The van der Waals surface area contributed by atoms with Crippen LogP contribution in [0.4, 0.5) is 0 Å². The van der Waals surface area contributed by atoms with Gasteiger partial charge in [0.1, 0.15) is 7.80 Å². The zero-order chi connectivity index (χ0) is 5.15. The van der Waals surface area contributed by atoms with Gasteiger partial charge in [-0.3, -0.25) is 4.57 Å². The molecule has 0 rings (SSSR count). The third-order valence-electron chi connectivity index (χ3n) is 0.325. The minimum absolute atomic E-state index is 1.25. The Balaban J connectivity index is 3.26. The van der Waals surface area contributed by atoms with Gasteiger partial charge in [-0.05, 0) is 0 Å². The highest BCUT2D eigenvalue weighted by Gasteiger charge is 1.98. The molecule has 0 aromatic rings. The molecule has 0 fully saturated rings. The molecule has 0 spiro atoms. The van der Waals surface area contributed by atoms with Crippen LogP contribution in [-0.2, 0) is 4.57 Å². The lowest BCUT2D eigenvalue weighted by atomic mass is 11.5. The van der Waals surface area contributed by atoms with E-state index in [2.05, 4.69) is 0 Å². The molecule has 0 bridgehead atoms. The lowest BCUT2D eigenvalue weighted by Crippen LogP contribution is -1.93. The van der Waals surface area contributed by atoms with Gasteiger partial charge in [-0.2, -0.15) is 0 Å². The second kappa shape index (κ2) is 2.24. The summed E-state index contributed by atoms with van der Waals surface area (Å²) in [6.07, 6.45) is 0. The Morgan fingerprint density at radius 2 is 1.83 bits per heavy atom. The molecule has 1 unspecified atom stereocenters. The van der Waals surface area contributed by atoms with Crippen molar-refractivity contribution in [1.82, 2.24) is 0 Å². The highest BCUT2D eigenvalue weighted by atomic mass is 31.1. The molecule has 0 aliphatic rings. The fourth-order valence-corrected chi connectivity index (χ4v) is 0. The SMILES string of the molecule is C[P](=O)C(O)O. The van der Waals surface area contributed by atoms with Gasteiger partial charge in [-0.1, -0.05) is 0 Å². The normalized spacial score (nSPS) is 12.3. The van der Waals surface area contributed by atoms with E-state index in [1.54, 1.807) is 0 Å². The molecule has 2 N–H and O–H groups in total. The molecule has 3 nitrogen and oxygen atoms in total. The van der Waals surface area contributed by atoms with Crippen molar-refractivity contribution in [2.75, 3.05) is 6.66 Å². The maximum Gasteiger partial charge on any atom is 0.224 e. The molecule has 0 heterocycles. The lowest BCUT2D eigenvalue weighted by molar-refractivity contribution is 0.0326. The van der Waals surface area contributed by atoms with Crippen molar-refractivity contribution in [3.63, 3.8) is 0 Å². The van der Waals surface area contributed by atoms with Crippen LogP contribution in [0.5, 0.6) is 0 Å². The van der Waals surface area contributed by atoms with E-state index in [1.165, 1.54) is 6.66 Å². The van der Waals surface area contributed by atoms with Gasteiger partial charge < -0.3 is 10.2 Å². The molecule has 4 heteroatoms. The van der Waals surface area contributed by atoms with Crippen LogP contribution in [0.1, 0.15) is 0 Å². The molecule has 0 amide bonds. The van der Waals surface area contributed by atoms with E-state index in [4.69, 9.17) is 10.2 Å². The Kier molecular flexibility index (Phi) is 2.25. The third kappa shape index (κ3) is 2.27. The molecule has 1 atom stereocenters. The standard InChI is InChI=1S/C2H6O3P/c1-6(5)2(3)4/h2-4H,1H3. The van der Waals surface area contributed by atoms with E-state index in [1.807, 2.05) is 0 Å². The lowest BCUT2D eigenvalue weighted by Gasteiger charge is -1.90. The van der Waals surface area contributed by atoms with Crippen LogP contribution in [0.3, 0.4) is 0 Å². The summed E-state index contributed by atoms with van der Waals surface area (Å²) in [7, 11) is -1.80. The van der Waals surface area contributed by atoms with Crippen LogP contribution in [0, 0.1) is 0 Å². The Labute approximate surface area is 36.4 Å². The zero-order valence-corrected chi connectivity index (χ0v) is 4.22. The van der Waals surface area contributed by atoms with Crippen molar-refractivity contribution < 1.29 is 14.8 Å². The number of hydrogen-bond acceptors (Lipinski definition) is 3. The summed E-state index contributed by atoms with van der Waals surface area (Å²) in [4.78, 5) is 0. The first-order chi connectivity index (χ1) is 2.64. The van der Waals surface area contributed by atoms with E-state index in [-0.39, 0.29) is 0 Å². The monoisotopic (exact) mass is 109 g/mol. The van der Waals surface area contributed by atoms with Crippen LogP contribution in [0.2, 0.25) is 0 Å². The quantitative estimate of drug-likeness (QED) is 0.359. The highest BCUT2D eigenvalue weighted by molar-refractivity contribution is 7.44. The van der Waals surface area contributed by atoms with Gasteiger partial charge in [0.05, 0.1) is 0 Å². The fourth-order valence-electron chi connectivity index (χ4n) is 0.